The molecule has 0 saturated carbocycles. The molecule has 4 aromatic rings. The predicted molar refractivity (Wildman–Crippen MR) is 159 cm³/mol. The van der Waals surface area contributed by atoms with Gasteiger partial charge in [0.2, 0.25) is 0 Å². The van der Waals surface area contributed by atoms with E-state index in [1.54, 1.807) is 30.3 Å². The molecule has 1 unspecified atom stereocenters. The van der Waals surface area contributed by atoms with Crippen LogP contribution in [-0.4, -0.2) is 26.2 Å². The third kappa shape index (κ3) is 4.79. The summed E-state index contributed by atoms with van der Waals surface area (Å²) < 4.78 is 113. The van der Waals surface area contributed by atoms with Crippen molar-refractivity contribution in [1.29, 1.82) is 0 Å². The first kappa shape index (κ1) is 29.9. The Kier molecular flexibility index (Phi) is 7.03. The van der Waals surface area contributed by atoms with Gasteiger partial charge in [-0.25, -0.2) is 4.39 Å². The van der Waals surface area contributed by atoms with Crippen molar-refractivity contribution < 1.29 is 44.7 Å². The van der Waals surface area contributed by atoms with Gasteiger partial charge in [0.15, 0.2) is 5.79 Å². The van der Waals surface area contributed by atoms with Gasteiger partial charge in [0.05, 0.1) is 18.8 Å². The first-order chi connectivity index (χ1) is 20.8. The maximum Gasteiger partial charge on any atom is 0.417 e. The molecule has 1 atom stereocenters. The fourth-order valence-corrected chi connectivity index (χ4v) is 8.78. The number of hydrogen-bond acceptors (Lipinski definition) is 5. The van der Waals surface area contributed by atoms with Gasteiger partial charge in [-0.05, 0) is 58.5 Å². The molecule has 0 bridgehead atoms. The lowest BCUT2D eigenvalue weighted by atomic mass is 9.87. The summed E-state index contributed by atoms with van der Waals surface area (Å²) in [7, 11) is -5.43. The van der Waals surface area contributed by atoms with E-state index in [1.165, 1.54) is 24.3 Å². The van der Waals surface area contributed by atoms with E-state index in [9.17, 15) is 30.5 Å². The minimum Gasteiger partial charge on any atom is -0.457 e. The van der Waals surface area contributed by atoms with E-state index in [0.29, 0.717) is 26.7 Å². The van der Waals surface area contributed by atoms with Crippen molar-refractivity contribution in [1.82, 2.24) is 0 Å². The van der Waals surface area contributed by atoms with Crippen molar-refractivity contribution >= 4 is 42.0 Å². The lowest BCUT2D eigenvalue weighted by Crippen LogP contribution is -2.25. The number of benzene rings is 4. The molecule has 6 nitrogen and oxygen atoms in total. The van der Waals surface area contributed by atoms with Crippen LogP contribution in [0, 0.1) is 5.82 Å². The molecule has 1 heterocycles. The average Bonchev–Trinajstić information content (AvgIpc) is 3.62. The van der Waals surface area contributed by atoms with Crippen LogP contribution in [0.4, 0.5) is 17.6 Å². The van der Waals surface area contributed by atoms with E-state index < -0.39 is 43.2 Å². The fourth-order valence-electron chi connectivity index (χ4n) is 6.51. The van der Waals surface area contributed by atoms with Gasteiger partial charge >= 0.3 is 6.18 Å². The summed E-state index contributed by atoms with van der Waals surface area (Å²) in [5.74, 6) is -1.63. The first-order valence-corrected chi connectivity index (χ1v) is 16.5. The summed E-state index contributed by atoms with van der Waals surface area (Å²) in [5, 5.41) is 0. The van der Waals surface area contributed by atoms with Crippen LogP contribution >= 0.6 is 31.9 Å². The van der Waals surface area contributed by atoms with Crippen molar-refractivity contribution in [3.63, 3.8) is 0 Å². The maximum atomic E-state index is 14.6. The van der Waals surface area contributed by atoms with Crippen LogP contribution in [0.25, 0.3) is 22.3 Å². The van der Waals surface area contributed by atoms with Gasteiger partial charge < -0.3 is 14.2 Å². The van der Waals surface area contributed by atoms with Crippen LogP contribution in [-0.2, 0) is 38.0 Å². The molecule has 0 aromatic heterocycles. The second kappa shape index (κ2) is 10.4. The highest BCUT2D eigenvalue weighted by Crippen LogP contribution is 2.60. The SMILES string of the molecule is O=S(=O)(O)c1c(C(F)(F)F)cc2c(c1-c1ccc(Oc3cc(F)cc(Br)c3)c3c1C1(CC3Br)OCCO1)Cc1ccccc1-2. The number of fused-ring (bicyclic) bond motifs is 5. The van der Waals surface area contributed by atoms with Gasteiger partial charge in [0.25, 0.3) is 10.1 Å². The molecule has 3 aliphatic rings. The van der Waals surface area contributed by atoms with E-state index >= 15 is 0 Å². The molecule has 0 amide bonds. The Morgan fingerprint density at radius 1 is 0.977 bits per heavy atom. The van der Waals surface area contributed by atoms with Crippen molar-refractivity contribution in [3.8, 4) is 33.8 Å². The highest BCUT2D eigenvalue weighted by Gasteiger charge is 2.52. The number of ether oxygens (including phenoxy) is 3. The summed E-state index contributed by atoms with van der Waals surface area (Å²) in [6, 6.07) is 14.6. The Balaban J connectivity index is 1.57. The molecule has 1 aliphatic heterocycles. The average molecular weight is 756 g/mol. The number of halogens is 6. The fraction of sp³-hybridized carbons (Fsp3) is 0.226. The van der Waals surface area contributed by atoms with Crippen LogP contribution in [0.5, 0.6) is 11.5 Å². The Bertz CT molecular complexity index is 1950. The summed E-state index contributed by atoms with van der Waals surface area (Å²) in [6.45, 7) is 0.357. The number of rotatable bonds is 4. The highest BCUT2D eigenvalue weighted by atomic mass is 79.9. The zero-order valence-electron chi connectivity index (χ0n) is 22.3. The van der Waals surface area contributed by atoms with E-state index in [0.717, 1.165) is 6.07 Å². The molecule has 13 heteroatoms. The molecule has 1 saturated heterocycles. The third-order valence-corrected chi connectivity index (χ3v) is 10.2. The number of hydrogen-bond donors (Lipinski definition) is 1. The van der Waals surface area contributed by atoms with Crippen molar-refractivity contribution in [2.24, 2.45) is 0 Å². The van der Waals surface area contributed by atoms with Crippen molar-refractivity contribution in [2.45, 2.75) is 34.5 Å². The van der Waals surface area contributed by atoms with Gasteiger partial charge in [0, 0.05) is 38.5 Å². The molecular formula is C31H20Br2F4O6S. The molecule has 1 spiro atoms. The van der Waals surface area contributed by atoms with E-state index in [2.05, 4.69) is 31.9 Å². The Morgan fingerprint density at radius 3 is 2.39 bits per heavy atom. The minimum absolute atomic E-state index is 0.0828. The lowest BCUT2D eigenvalue weighted by Gasteiger charge is -2.28. The van der Waals surface area contributed by atoms with E-state index in [-0.39, 0.29) is 59.8 Å². The molecule has 44 heavy (non-hydrogen) atoms. The van der Waals surface area contributed by atoms with Crippen LogP contribution in [0.3, 0.4) is 0 Å². The molecule has 228 valence electrons. The quantitative estimate of drug-likeness (QED) is 0.112. The Morgan fingerprint density at radius 2 is 1.70 bits per heavy atom. The van der Waals surface area contributed by atoms with Crippen LogP contribution < -0.4 is 4.74 Å². The van der Waals surface area contributed by atoms with Crippen LogP contribution in [0.15, 0.2) is 70.0 Å². The summed E-state index contributed by atoms with van der Waals surface area (Å²) in [6.07, 6.45) is -4.82. The van der Waals surface area contributed by atoms with Crippen LogP contribution in [0.1, 0.15) is 39.1 Å². The van der Waals surface area contributed by atoms with E-state index in [4.69, 9.17) is 14.2 Å². The molecule has 7 rings (SSSR count). The maximum absolute atomic E-state index is 14.6. The molecule has 0 radical (unpaired) electrons. The van der Waals surface area contributed by atoms with Gasteiger partial charge in [-0.3, -0.25) is 4.55 Å². The molecule has 1 fully saturated rings. The smallest absolute Gasteiger partial charge is 0.417 e. The molecule has 4 aromatic carbocycles. The normalized spacial score (nSPS) is 18.4. The second-order valence-electron chi connectivity index (χ2n) is 10.7. The van der Waals surface area contributed by atoms with Gasteiger partial charge in [0.1, 0.15) is 22.2 Å². The topological polar surface area (TPSA) is 82.1 Å². The highest BCUT2D eigenvalue weighted by molar-refractivity contribution is 9.10. The zero-order valence-corrected chi connectivity index (χ0v) is 26.3. The second-order valence-corrected chi connectivity index (χ2v) is 14.1. The molecule has 2 aliphatic carbocycles. The van der Waals surface area contributed by atoms with Crippen LogP contribution in [0.2, 0.25) is 0 Å². The van der Waals surface area contributed by atoms with Gasteiger partial charge in [-0.2, -0.15) is 21.6 Å². The first-order valence-electron chi connectivity index (χ1n) is 13.3. The Labute approximate surface area is 266 Å². The number of alkyl halides is 4. The zero-order chi connectivity index (χ0) is 31.2. The van der Waals surface area contributed by atoms with E-state index in [1.807, 2.05) is 0 Å². The lowest BCUT2D eigenvalue weighted by molar-refractivity contribution is -0.162. The van der Waals surface area contributed by atoms with Crippen molar-refractivity contribution in [3.05, 3.63) is 98.8 Å². The van der Waals surface area contributed by atoms with Crippen molar-refractivity contribution in [2.75, 3.05) is 13.2 Å². The largest absolute Gasteiger partial charge is 0.457 e. The molecule has 1 N–H and O–H groups in total. The summed E-state index contributed by atoms with van der Waals surface area (Å²) in [5.41, 5.74) is 0.779. The standard InChI is InChI=1S/C31H20Br2F4O6S/c32-16-10-17(34)12-18(11-16)43-25-6-5-20(28-27(25)24(33)14-30(28)41-7-8-42-30)26-22-9-15-3-1-2-4-19(15)21(22)13-23(31(35,36)37)29(26)44(38,39)40/h1-6,10-13,24H,7-9,14H2,(H,38,39,40). The molecular weight excluding hydrogens is 736 g/mol. The Hall–Kier alpha value is -2.81. The predicted octanol–water partition coefficient (Wildman–Crippen LogP) is 8.92. The third-order valence-electron chi connectivity index (χ3n) is 8.06. The monoisotopic (exact) mass is 754 g/mol. The summed E-state index contributed by atoms with van der Waals surface area (Å²) >= 11 is 6.88. The summed E-state index contributed by atoms with van der Waals surface area (Å²) in [4.78, 5) is -1.75. The minimum atomic E-state index is -5.43. The van der Waals surface area contributed by atoms with Gasteiger partial charge in [-0.15, -0.1) is 0 Å². The van der Waals surface area contributed by atoms with Gasteiger partial charge in [-0.1, -0.05) is 62.2 Å².